The molecule has 0 saturated heterocycles. The molecule has 1 amide bonds. The lowest BCUT2D eigenvalue weighted by Crippen LogP contribution is -2.17. The third-order valence-corrected chi connectivity index (χ3v) is 5.14. The van der Waals surface area contributed by atoms with Gasteiger partial charge in [0.2, 0.25) is 0 Å². The molecule has 0 aliphatic rings. The summed E-state index contributed by atoms with van der Waals surface area (Å²) in [5, 5.41) is 6.49. The first-order valence-corrected chi connectivity index (χ1v) is 10.1. The van der Waals surface area contributed by atoms with E-state index in [2.05, 4.69) is 10.4 Å². The fourth-order valence-corrected chi connectivity index (χ4v) is 3.36. The van der Waals surface area contributed by atoms with Crippen molar-refractivity contribution in [3.63, 3.8) is 0 Å². The largest absolute Gasteiger partial charge is 0.305 e. The number of anilines is 1. The van der Waals surface area contributed by atoms with Gasteiger partial charge in [-0.3, -0.25) is 14.3 Å². The lowest BCUT2D eigenvalue weighted by molar-refractivity contribution is 0.0996. The van der Waals surface area contributed by atoms with E-state index in [1.165, 1.54) is 24.4 Å². The molecule has 0 saturated carbocycles. The minimum Gasteiger partial charge on any atom is -0.305 e. The van der Waals surface area contributed by atoms with Crippen molar-refractivity contribution in [2.24, 2.45) is 0 Å². The van der Waals surface area contributed by atoms with E-state index in [0.717, 1.165) is 10.2 Å². The van der Waals surface area contributed by atoms with E-state index < -0.39 is 41.3 Å². The minimum atomic E-state index is -1.52. The molecule has 0 atom stereocenters. The van der Waals surface area contributed by atoms with Crippen LogP contribution in [0.5, 0.6) is 0 Å². The number of carbonyl (C=O) groups excluding carboxylic acids is 2. The summed E-state index contributed by atoms with van der Waals surface area (Å²) in [5.74, 6) is -7.05. The van der Waals surface area contributed by atoms with Gasteiger partial charge in [0.1, 0.15) is 0 Å². The molecular formula is C25H17F4N3O2. The maximum Gasteiger partial charge on any atom is 0.257 e. The molecule has 9 heteroatoms. The van der Waals surface area contributed by atoms with Gasteiger partial charge in [-0.05, 0) is 13.0 Å². The number of amides is 1. The molecule has 1 N–H and O–H groups in total. The van der Waals surface area contributed by atoms with Crippen LogP contribution in [0.25, 0.3) is 0 Å². The van der Waals surface area contributed by atoms with E-state index in [1.54, 1.807) is 36.4 Å². The molecule has 34 heavy (non-hydrogen) atoms. The molecule has 5 nitrogen and oxygen atoms in total. The molecule has 172 valence electrons. The normalized spacial score (nSPS) is 10.9. The summed E-state index contributed by atoms with van der Waals surface area (Å²) in [6, 6.07) is 14.6. The quantitative estimate of drug-likeness (QED) is 0.238. The summed E-state index contributed by atoms with van der Waals surface area (Å²) in [4.78, 5) is 25.8. The second kappa shape index (κ2) is 9.30. The maximum absolute atomic E-state index is 13.9. The third kappa shape index (κ3) is 4.59. The molecule has 3 aromatic carbocycles. The molecule has 0 unspecified atom stereocenters. The smallest absolute Gasteiger partial charge is 0.257 e. The van der Waals surface area contributed by atoms with Crippen molar-refractivity contribution >= 4 is 17.5 Å². The first-order chi connectivity index (χ1) is 16.2. The highest BCUT2D eigenvalue weighted by atomic mass is 19.2. The van der Waals surface area contributed by atoms with Crippen LogP contribution in [-0.4, -0.2) is 21.5 Å². The fraction of sp³-hybridized carbons (Fsp3) is 0.0800. The third-order valence-electron chi connectivity index (χ3n) is 5.14. The SMILES string of the molecule is Cc1ccc(C(=O)c2ccccc2C(=O)Nc2ccn(Cc3c(F)c(F)cc(F)c3F)n2)cc1. The van der Waals surface area contributed by atoms with Gasteiger partial charge in [-0.25, -0.2) is 17.6 Å². The van der Waals surface area contributed by atoms with Crippen molar-refractivity contribution in [2.45, 2.75) is 13.5 Å². The average molecular weight is 467 g/mol. The molecule has 0 aliphatic heterocycles. The summed E-state index contributed by atoms with van der Waals surface area (Å²) in [6.45, 7) is 1.28. The number of rotatable bonds is 6. The van der Waals surface area contributed by atoms with Gasteiger partial charge >= 0.3 is 0 Å². The van der Waals surface area contributed by atoms with Crippen LogP contribution in [0, 0.1) is 30.2 Å². The Balaban J connectivity index is 1.55. The van der Waals surface area contributed by atoms with Crippen LogP contribution in [-0.2, 0) is 6.54 Å². The lowest BCUT2D eigenvalue weighted by Gasteiger charge is -2.09. The van der Waals surface area contributed by atoms with Gasteiger partial charge in [0.25, 0.3) is 5.91 Å². The molecule has 0 bridgehead atoms. The number of nitrogens with zero attached hydrogens (tertiary/aromatic N) is 2. The molecule has 0 aliphatic carbocycles. The Labute approximate surface area is 191 Å². The van der Waals surface area contributed by atoms with Gasteiger partial charge in [-0.1, -0.05) is 48.0 Å². The van der Waals surface area contributed by atoms with Gasteiger partial charge in [0, 0.05) is 29.5 Å². The number of benzene rings is 3. The monoisotopic (exact) mass is 467 g/mol. The first-order valence-electron chi connectivity index (χ1n) is 10.1. The van der Waals surface area contributed by atoms with Crippen LogP contribution >= 0.6 is 0 Å². The van der Waals surface area contributed by atoms with Crippen molar-refractivity contribution in [1.29, 1.82) is 0 Å². The molecule has 0 spiro atoms. The van der Waals surface area contributed by atoms with Gasteiger partial charge < -0.3 is 5.32 Å². The van der Waals surface area contributed by atoms with Crippen LogP contribution in [0.2, 0.25) is 0 Å². The first kappa shape index (κ1) is 22.9. The molecule has 1 aromatic heterocycles. The Hall–Kier alpha value is -4.27. The van der Waals surface area contributed by atoms with Crippen molar-refractivity contribution in [3.8, 4) is 0 Å². The number of nitrogens with one attached hydrogen (secondary N) is 1. The molecule has 4 rings (SSSR count). The Morgan fingerprint density at radius 3 is 2.15 bits per heavy atom. The summed E-state index contributed by atoms with van der Waals surface area (Å²) in [6.07, 6.45) is 1.28. The number of aromatic nitrogens is 2. The molecule has 1 heterocycles. The van der Waals surface area contributed by atoms with Crippen LogP contribution in [0.3, 0.4) is 0 Å². The molecule has 0 radical (unpaired) electrons. The van der Waals surface area contributed by atoms with E-state index in [4.69, 9.17) is 0 Å². The van der Waals surface area contributed by atoms with E-state index >= 15 is 0 Å². The summed E-state index contributed by atoms with van der Waals surface area (Å²) in [7, 11) is 0. The van der Waals surface area contributed by atoms with Crippen LogP contribution < -0.4 is 5.32 Å². The van der Waals surface area contributed by atoms with Crippen molar-refractivity contribution in [1.82, 2.24) is 9.78 Å². The van der Waals surface area contributed by atoms with Crippen LogP contribution in [0.1, 0.15) is 37.4 Å². The highest BCUT2D eigenvalue weighted by Gasteiger charge is 2.21. The average Bonchev–Trinajstić information content (AvgIpc) is 3.27. The topological polar surface area (TPSA) is 64.0 Å². The number of ketones is 1. The standard InChI is InChI=1S/C25H17F4N3O2/c1-14-6-8-15(9-7-14)24(33)16-4-2-3-5-17(16)25(34)30-21-10-11-32(31-21)13-18-22(28)19(26)12-20(27)23(18)29/h2-12H,13H2,1H3,(H,30,31,34). The Kier molecular flexibility index (Phi) is 6.27. The van der Waals surface area contributed by atoms with E-state index in [9.17, 15) is 27.2 Å². The highest BCUT2D eigenvalue weighted by molar-refractivity contribution is 6.17. The lowest BCUT2D eigenvalue weighted by atomic mass is 9.97. The Bertz CT molecular complexity index is 1370. The zero-order valence-electron chi connectivity index (χ0n) is 17.8. The Morgan fingerprint density at radius 2 is 1.50 bits per heavy atom. The number of hydrogen-bond acceptors (Lipinski definition) is 3. The van der Waals surface area contributed by atoms with E-state index in [-0.39, 0.29) is 28.8 Å². The second-order valence-electron chi connectivity index (χ2n) is 7.54. The molecule has 0 fully saturated rings. The fourth-order valence-electron chi connectivity index (χ4n) is 3.36. The van der Waals surface area contributed by atoms with Gasteiger partial charge in [0.05, 0.1) is 17.7 Å². The predicted octanol–water partition coefficient (Wildman–Crippen LogP) is 5.28. The second-order valence-corrected chi connectivity index (χ2v) is 7.54. The number of carbonyl (C=O) groups is 2. The van der Waals surface area contributed by atoms with Crippen molar-refractivity contribution in [2.75, 3.05) is 5.32 Å². The predicted molar refractivity (Wildman–Crippen MR) is 117 cm³/mol. The van der Waals surface area contributed by atoms with Gasteiger partial charge in [0.15, 0.2) is 34.9 Å². The van der Waals surface area contributed by atoms with Crippen molar-refractivity contribution < 1.29 is 27.2 Å². The van der Waals surface area contributed by atoms with Crippen LogP contribution in [0.4, 0.5) is 23.4 Å². The Morgan fingerprint density at radius 1 is 0.882 bits per heavy atom. The highest BCUT2D eigenvalue weighted by Crippen LogP contribution is 2.21. The zero-order valence-corrected chi connectivity index (χ0v) is 17.8. The van der Waals surface area contributed by atoms with Gasteiger partial charge in [-0.15, -0.1) is 0 Å². The summed E-state index contributed by atoms with van der Waals surface area (Å²) >= 11 is 0. The summed E-state index contributed by atoms with van der Waals surface area (Å²) in [5.41, 5.74) is 0.850. The van der Waals surface area contributed by atoms with E-state index in [0.29, 0.717) is 5.56 Å². The molecular weight excluding hydrogens is 450 g/mol. The molecule has 4 aromatic rings. The maximum atomic E-state index is 13.9. The van der Waals surface area contributed by atoms with Crippen molar-refractivity contribution in [3.05, 3.63) is 118 Å². The number of aryl methyl sites for hydroxylation is 1. The minimum absolute atomic E-state index is 0.0141. The van der Waals surface area contributed by atoms with E-state index in [1.807, 2.05) is 6.92 Å². The summed E-state index contributed by atoms with van der Waals surface area (Å²) < 4.78 is 55.7. The number of halogens is 4. The van der Waals surface area contributed by atoms with Crippen LogP contribution in [0.15, 0.2) is 66.9 Å². The number of hydrogen-bond donors (Lipinski definition) is 1. The zero-order chi connectivity index (χ0) is 24.4. The van der Waals surface area contributed by atoms with Gasteiger partial charge in [-0.2, -0.15) is 5.10 Å².